The maximum Gasteiger partial charge on any atom is 0.344 e. The predicted octanol–water partition coefficient (Wildman–Crippen LogP) is -2.37. The van der Waals surface area contributed by atoms with Crippen LogP contribution in [0.5, 0.6) is 0 Å². The molecular weight excluding hydrogens is 220 g/mol. The van der Waals surface area contributed by atoms with Crippen molar-refractivity contribution in [2.24, 2.45) is 0 Å². The van der Waals surface area contributed by atoms with Crippen molar-refractivity contribution >= 4 is 0 Å². The van der Waals surface area contributed by atoms with E-state index in [1.165, 1.54) is 13.8 Å². The van der Waals surface area contributed by atoms with Gasteiger partial charge in [0, 0.05) is 0 Å². The van der Waals surface area contributed by atoms with Crippen molar-refractivity contribution < 1.29 is 35.0 Å². The van der Waals surface area contributed by atoms with Crippen molar-refractivity contribution in [1.29, 1.82) is 0 Å². The second-order valence-electron chi connectivity index (χ2n) is 4.96. The van der Waals surface area contributed by atoms with Gasteiger partial charge in [0.05, 0.1) is 6.61 Å². The molecule has 0 radical (unpaired) electrons. The van der Waals surface area contributed by atoms with Gasteiger partial charge in [-0.05, 0) is 20.8 Å². The van der Waals surface area contributed by atoms with Crippen LogP contribution in [-0.2, 0) is 9.47 Å². The fourth-order valence-corrected chi connectivity index (χ4v) is 2.11. The van der Waals surface area contributed by atoms with Crippen LogP contribution < -0.4 is 0 Å². The van der Waals surface area contributed by atoms with Gasteiger partial charge in [0.25, 0.3) is 5.79 Å². The second-order valence-corrected chi connectivity index (χ2v) is 4.96. The summed E-state index contributed by atoms with van der Waals surface area (Å²) in [5, 5.41) is 49.0. The third-order valence-electron chi connectivity index (χ3n) is 3.98. The van der Waals surface area contributed by atoms with E-state index in [4.69, 9.17) is 4.74 Å². The summed E-state index contributed by atoms with van der Waals surface area (Å²) in [5.41, 5.74) is -5.90. The highest BCUT2D eigenvalue weighted by Crippen LogP contribution is 2.62. The molecule has 1 unspecified atom stereocenters. The van der Waals surface area contributed by atoms with E-state index >= 15 is 0 Å². The van der Waals surface area contributed by atoms with E-state index in [-0.39, 0.29) is 0 Å². The SMILES string of the molecule is C[C@]1(O)[C@](C)(O)[C@@]2(O)OC2(O)O[C@]1(C)CO. The number of aliphatic hydroxyl groups excluding tert-OH is 1. The molecule has 0 saturated carbocycles. The van der Waals surface area contributed by atoms with Gasteiger partial charge in [-0.3, -0.25) is 4.74 Å². The molecule has 0 aromatic rings. The summed E-state index contributed by atoms with van der Waals surface area (Å²) in [7, 11) is 0. The summed E-state index contributed by atoms with van der Waals surface area (Å²) in [4.78, 5) is 0. The molecule has 0 amide bonds. The quantitative estimate of drug-likeness (QED) is 0.322. The van der Waals surface area contributed by atoms with E-state index in [0.717, 1.165) is 6.92 Å². The van der Waals surface area contributed by atoms with Gasteiger partial charge in [0.2, 0.25) is 0 Å². The number of rotatable bonds is 1. The van der Waals surface area contributed by atoms with Crippen LogP contribution in [0.2, 0.25) is 0 Å². The molecule has 7 nitrogen and oxygen atoms in total. The lowest BCUT2D eigenvalue weighted by molar-refractivity contribution is -0.382. The van der Waals surface area contributed by atoms with Gasteiger partial charge >= 0.3 is 5.97 Å². The minimum Gasteiger partial charge on any atom is -0.393 e. The van der Waals surface area contributed by atoms with Gasteiger partial charge in [-0.1, -0.05) is 0 Å². The lowest BCUT2D eigenvalue weighted by Gasteiger charge is -2.53. The van der Waals surface area contributed by atoms with Gasteiger partial charge in [-0.15, -0.1) is 0 Å². The standard InChI is InChI=1S/C9H16O7/c1-5(4-10)6(2,11)7(3,12)8(13)9(14,15-5)16-8/h10-14H,4H2,1-3H3/t5-,6-,7+,8-,9?/m1/s1. The molecule has 0 bridgehead atoms. The summed E-state index contributed by atoms with van der Waals surface area (Å²) in [6, 6.07) is 0. The summed E-state index contributed by atoms with van der Waals surface area (Å²) in [6.07, 6.45) is 0. The van der Waals surface area contributed by atoms with Crippen molar-refractivity contribution in [2.75, 3.05) is 6.61 Å². The van der Waals surface area contributed by atoms with Crippen LogP contribution in [0.4, 0.5) is 0 Å². The minimum atomic E-state index is -2.41. The molecule has 5 N–H and O–H groups in total. The normalized spacial score (nSPS) is 65.2. The molecule has 2 fully saturated rings. The van der Waals surface area contributed by atoms with E-state index in [0.29, 0.717) is 0 Å². The molecule has 0 aromatic heterocycles. The van der Waals surface area contributed by atoms with E-state index < -0.39 is 35.2 Å². The van der Waals surface area contributed by atoms with Crippen LogP contribution in [0, 0.1) is 0 Å². The van der Waals surface area contributed by atoms with Crippen molar-refractivity contribution in [3.8, 4) is 0 Å². The molecular formula is C9H16O7. The molecule has 5 atom stereocenters. The van der Waals surface area contributed by atoms with Gasteiger partial charge in [-0.25, -0.2) is 0 Å². The third kappa shape index (κ3) is 0.935. The molecule has 2 aliphatic rings. The highest BCUT2D eigenvalue weighted by Gasteiger charge is 2.90. The fourth-order valence-electron chi connectivity index (χ4n) is 2.11. The van der Waals surface area contributed by atoms with E-state index in [9.17, 15) is 25.5 Å². The number of hydrogen-bond donors (Lipinski definition) is 5. The lowest BCUT2D eigenvalue weighted by atomic mass is 9.68. The Morgan fingerprint density at radius 2 is 1.38 bits per heavy atom. The minimum absolute atomic E-state index is 0.669. The maximum absolute atomic E-state index is 10.2. The van der Waals surface area contributed by atoms with E-state index in [1.54, 1.807) is 0 Å². The van der Waals surface area contributed by atoms with Crippen LogP contribution in [0.1, 0.15) is 20.8 Å². The summed E-state index contributed by atoms with van der Waals surface area (Å²) >= 11 is 0. The van der Waals surface area contributed by atoms with Crippen LogP contribution in [0.15, 0.2) is 0 Å². The highest BCUT2D eigenvalue weighted by molar-refractivity contribution is 5.24. The van der Waals surface area contributed by atoms with Crippen LogP contribution >= 0.6 is 0 Å². The largest absolute Gasteiger partial charge is 0.393 e. The van der Waals surface area contributed by atoms with Crippen LogP contribution in [-0.4, -0.2) is 60.7 Å². The zero-order chi connectivity index (χ0) is 12.6. The van der Waals surface area contributed by atoms with Crippen molar-refractivity contribution in [1.82, 2.24) is 0 Å². The number of hydrogen-bond acceptors (Lipinski definition) is 7. The monoisotopic (exact) mass is 236 g/mol. The Morgan fingerprint density at radius 3 is 1.81 bits per heavy atom. The Labute approximate surface area is 91.8 Å². The fraction of sp³-hybridized carbons (Fsp3) is 1.00. The van der Waals surface area contributed by atoms with Crippen LogP contribution in [0.25, 0.3) is 0 Å². The Morgan fingerprint density at radius 1 is 0.875 bits per heavy atom. The van der Waals surface area contributed by atoms with Crippen molar-refractivity contribution in [2.45, 2.75) is 49.3 Å². The van der Waals surface area contributed by atoms with E-state index in [1.807, 2.05) is 0 Å². The Balaban J connectivity index is 2.53. The first-order chi connectivity index (χ1) is 6.97. The van der Waals surface area contributed by atoms with Crippen molar-refractivity contribution in [3.63, 3.8) is 0 Å². The van der Waals surface area contributed by atoms with Gasteiger partial charge in [0.1, 0.15) is 11.2 Å². The Hall–Kier alpha value is -0.280. The molecule has 16 heavy (non-hydrogen) atoms. The zero-order valence-corrected chi connectivity index (χ0v) is 9.26. The van der Waals surface area contributed by atoms with Crippen LogP contribution in [0.3, 0.4) is 0 Å². The summed E-state index contributed by atoms with van der Waals surface area (Å²) in [5.74, 6) is -4.81. The van der Waals surface area contributed by atoms with Gasteiger partial charge < -0.3 is 30.3 Å². The Kier molecular flexibility index (Phi) is 1.97. The number of fused-ring (bicyclic) bond motifs is 1. The number of aliphatic hydroxyl groups is 5. The zero-order valence-electron chi connectivity index (χ0n) is 9.26. The second kappa shape index (κ2) is 2.59. The molecule has 94 valence electrons. The first-order valence-corrected chi connectivity index (χ1v) is 4.88. The molecule has 0 spiro atoms. The average Bonchev–Trinajstić information content (AvgIpc) is 2.68. The summed E-state index contributed by atoms with van der Waals surface area (Å²) in [6.45, 7) is 2.91. The molecule has 0 aromatic carbocycles. The topological polar surface area (TPSA) is 123 Å². The van der Waals surface area contributed by atoms with Crippen molar-refractivity contribution in [3.05, 3.63) is 0 Å². The molecule has 2 heterocycles. The van der Waals surface area contributed by atoms with Gasteiger partial charge in [0.15, 0.2) is 5.60 Å². The molecule has 2 rings (SSSR count). The predicted molar refractivity (Wildman–Crippen MR) is 48.8 cm³/mol. The average molecular weight is 236 g/mol. The molecule has 2 saturated heterocycles. The molecule has 2 aliphatic heterocycles. The van der Waals surface area contributed by atoms with Gasteiger partial charge in [-0.2, -0.15) is 0 Å². The third-order valence-corrected chi connectivity index (χ3v) is 3.98. The smallest absolute Gasteiger partial charge is 0.344 e. The first kappa shape index (κ1) is 12.2. The first-order valence-electron chi connectivity index (χ1n) is 4.88. The lowest BCUT2D eigenvalue weighted by Crippen LogP contribution is -2.77. The molecule has 7 heteroatoms. The van der Waals surface area contributed by atoms with E-state index in [2.05, 4.69) is 4.74 Å². The number of epoxide rings is 1. The maximum atomic E-state index is 10.2. The summed E-state index contributed by atoms with van der Waals surface area (Å²) < 4.78 is 9.53. The Bertz CT molecular complexity index is 335. The molecule has 0 aliphatic carbocycles. The number of ether oxygens (including phenoxy) is 2. The highest BCUT2D eigenvalue weighted by atomic mass is 17.0.